The number of hydrogen-bond donors (Lipinski definition) is 1. The van der Waals surface area contributed by atoms with E-state index in [4.69, 9.17) is 16.3 Å². The summed E-state index contributed by atoms with van der Waals surface area (Å²) in [5.74, 6) is 0. The van der Waals surface area contributed by atoms with Crippen molar-refractivity contribution in [2.45, 2.75) is 39.0 Å². The highest BCUT2D eigenvalue weighted by Crippen LogP contribution is 2.33. The molecule has 10 heteroatoms. The molecule has 1 unspecified atom stereocenters. The Morgan fingerprint density at radius 2 is 2.06 bits per heavy atom. The highest BCUT2D eigenvalue weighted by Gasteiger charge is 2.23. The fourth-order valence-electron chi connectivity index (χ4n) is 4.69. The van der Waals surface area contributed by atoms with Crippen molar-refractivity contribution in [2.24, 2.45) is 7.05 Å². The van der Waals surface area contributed by atoms with E-state index < -0.39 is 0 Å². The minimum absolute atomic E-state index is 0.0405. The average molecular weight is 495 g/mol. The van der Waals surface area contributed by atoms with Crippen molar-refractivity contribution in [1.82, 2.24) is 29.0 Å². The van der Waals surface area contributed by atoms with E-state index in [2.05, 4.69) is 22.3 Å². The number of morpholine rings is 1. The average Bonchev–Trinajstić information content (AvgIpc) is 3.24. The Bertz CT molecular complexity index is 1520. The van der Waals surface area contributed by atoms with Crippen LogP contribution < -0.4 is 16.6 Å². The minimum Gasteiger partial charge on any atom is -0.372 e. The number of ether oxygens (including phenoxy) is 1. The quantitative estimate of drug-likeness (QED) is 0.457. The first-order valence-electron chi connectivity index (χ1n) is 11.5. The van der Waals surface area contributed by atoms with Gasteiger partial charge in [0.15, 0.2) is 0 Å². The zero-order valence-corrected chi connectivity index (χ0v) is 20.6. The molecule has 1 fully saturated rings. The molecule has 0 aliphatic carbocycles. The lowest BCUT2D eigenvalue weighted by Gasteiger charge is -2.30. The van der Waals surface area contributed by atoms with Gasteiger partial charge in [0, 0.05) is 55.6 Å². The molecule has 5 rings (SSSR count). The van der Waals surface area contributed by atoms with Gasteiger partial charge in [0.1, 0.15) is 6.33 Å². The Morgan fingerprint density at radius 1 is 1.23 bits per heavy atom. The monoisotopic (exact) mass is 494 g/mol. The fraction of sp³-hybridized carbons (Fsp3) is 0.360. The van der Waals surface area contributed by atoms with Gasteiger partial charge in [0.2, 0.25) is 0 Å². The van der Waals surface area contributed by atoms with E-state index in [1.165, 1.54) is 27.7 Å². The molecule has 1 aliphatic heterocycles. The van der Waals surface area contributed by atoms with E-state index in [1.54, 1.807) is 11.6 Å². The molecule has 0 saturated carbocycles. The molecular weight excluding hydrogens is 468 g/mol. The van der Waals surface area contributed by atoms with Crippen molar-refractivity contribution < 1.29 is 4.74 Å². The van der Waals surface area contributed by atoms with Gasteiger partial charge >= 0.3 is 5.69 Å². The molecule has 3 aromatic heterocycles. The number of fused-ring (bicyclic) bond motifs is 1. The third kappa shape index (κ3) is 4.67. The first-order valence-corrected chi connectivity index (χ1v) is 11.9. The van der Waals surface area contributed by atoms with E-state index in [1.807, 2.05) is 31.3 Å². The van der Waals surface area contributed by atoms with Gasteiger partial charge in [-0.25, -0.2) is 14.3 Å². The summed E-state index contributed by atoms with van der Waals surface area (Å²) < 4.78 is 10.5. The highest BCUT2D eigenvalue weighted by atomic mass is 35.5. The maximum atomic E-state index is 12.5. The minimum atomic E-state index is -0.373. The molecule has 1 N–H and O–H groups in total. The molecule has 35 heavy (non-hydrogen) atoms. The summed E-state index contributed by atoms with van der Waals surface area (Å²) in [6, 6.07) is 7.18. The van der Waals surface area contributed by atoms with Crippen LogP contribution in [0.1, 0.15) is 23.6 Å². The lowest BCUT2D eigenvalue weighted by Crippen LogP contribution is -2.44. The number of aromatic nitrogens is 5. The van der Waals surface area contributed by atoms with Crippen LogP contribution in [0.4, 0.5) is 0 Å². The molecule has 1 aliphatic rings. The molecule has 4 aromatic rings. The number of nitrogens with one attached hydrogen (secondary N) is 1. The predicted octanol–water partition coefficient (Wildman–Crippen LogP) is 2.19. The molecule has 182 valence electrons. The van der Waals surface area contributed by atoms with E-state index in [-0.39, 0.29) is 30.0 Å². The summed E-state index contributed by atoms with van der Waals surface area (Å²) in [5, 5.41) is 8.41. The molecule has 0 amide bonds. The summed E-state index contributed by atoms with van der Waals surface area (Å²) in [5.41, 5.74) is 4.65. The molecule has 0 radical (unpaired) electrons. The summed E-state index contributed by atoms with van der Waals surface area (Å²) in [6.45, 7) is 5.87. The van der Waals surface area contributed by atoms with Crippen LogP contribution in [0.5, 0.6) is 0 Å². The Hall–Kier alpha value is -3.27. The lowest BCUT2D eigenvalue weighted by molar-refractivity contribution is -0.0262. The summed E-state index contributed by atoms with van der Waals surface area (Å²) in [4.78, 5) is 29.4. The van der Waals surface area contributed by atoms with Gasteiger partial charge in [-0.1, -0.05) is 11.6 Å². The first kappa shape index (κ1) is 23.5. The van der Waals surface area contributed by atoms with Crippen LogP contribution in [0.25, 0.3) is 16.8 Å². The van der Waals surface area contributed by atoms with Crippen molar-refractivity contribution in [3.8, 4) is 11.3 Å². The molecular formula is C25H27ClN6O3. The number of rotatable bonds is 5. The maximum absolute atomic E-state index is 12.5. The number of benzene rings is 1. The molecule has 9 nitrogen and oxygen atoms in total. The van der Waals surface area contributed by atoms with Crippen molar-refractivity contribution in [2.75, 3.05) is 13.1 Å². The Balaban J connectivity index is 1.58. The zero-order chi connectivity index (χ0) is 24.7. The van der Waals surface area contributed by atoms with E-state index in [9.17, 15) is 9.59 Å². The number of hydrogen-bond acceptors (Lipinski definition) is 6. The van der Waals surface area contributed by atoms with Crippen LogP contribution in [0.15, 0.2) is 52.6 Å². The van der Waals surface area contributed by atoms with Crippen molar-refractivity contribution in [3.05, 3.63) is 85.5 Å². The van der Waals surface area contributed by atoms with E-state index >= 15 is 0 Å². The number of halogens is 1. The second-order valence-electron chi connectivity index (χ2n) is 9.10. The maximum Gasteiger partial charge on any atom is 0.331 e. The van der Waals surface area contributed by atoms with Crippen molar-refractivity contribution in [3.63, 3.8) is 0 Å². The van der Waals surface area contributed by atoms with E-state index in [0.717, 1.165) is 53.0 Å². The van der Waals surface area contributed by atoms with Crippen molar-refractivity contribution >= 4 is 17.1 Å². The molecule has 0 spiro atoms. The SMILES string of the molecule is Cc1cc(Cl)cc(-c2ncnn3cc(Cn4c(=O)ccn(C)c4=O)cc23)c1CC1CNC[C@H](C)O1. The van der Waals surface area contributed by atoms with Crippen LogP contribution in [0.2, 0.25) is 5.02 Å². The Kier molecular flexibility index (Phi) is 6.31. The smallest absolute Gasteiger partial charge is 0.331 e. The van der Waals surface area contributed by atoms with Gasteiger partial charge < -0.3 is 14.6 Å². The van der Waals surface area contributed by atoms with E-state index in [0.29, 0.717) is 5.02 Å². The number of nitrogens with zero attached hydrogens (tertiary/aromatic N) is 5. The standard InChI is InChI=1S/C25H27ClN6O3/c1-15-6-18(26)8-21(20(15)9-19-11-27-10-16(2)35-19)24-22-7-17(13-32(22)29-14-28-24)12-31-23(33)4-5-30(3)25(31)34/h4-8,13-14,16,19,27H,9-12H2,1-3H3/t16-,19?/m0/s1. The Morgan fingerprint density at radius 3 is 2.86 bits per heavy atom. The first-order chi connectivity index (χ1) is 16.8. The summed E-state index contributed by atoms with van der Waals surface area (Å²) in [6.07, 6.45) is 5.69. The van der Waals surface area contributed by atoms with Crippen LogP contribution in [0, 0.1) is 6.92 Å². The molecule has 1 saturated heterocycles. The zero-order valence-electron chi connectivity index (χ0n) is 19.9. The van der Waals surface area contributed by atoms with Gasteiger partial charge in [0.25, 0.3) is 5.56 Å². The highest BCUT2D eigenvalue weighted by molar-refractivity contribution is 6.31. The second-order valence-corrected chi connectivity index (χ2v) is 9.54. The van der Waals surface area contributed by atoms with Crippen LogP contribution in [0.3, 0.4) is 0 Å². The normalized spacial score (nSPS) is 18.3. The molecule has 4 heterocycles. The van der Waals surface area contributed by atoms with Crippen LogP contribution in [-0.4, -0.2) is 49.0 Å². The predicted molar refractivity (Wildman–Crippen MR) is 134 cm³/mol. The molecule has 2 atom stereocenters. The fourth-order valence-corrected chi connectivity index (χ4v) is 4.97. The lowest BCUT2D eigenvalue weighted by atomic mass is 9.93. The second kappa shape index (κ2) is 9.41. The largest absolute Gasteiger partial charge is 0.372 e. The summed E-state index contributed by atoms with van der Waals surface area (Å²) in [7, 11) is 1.62. The van der Waals surface area contributed by atoms with Crippen LogP contribution in [-0.2, 0) is 24.8 Å². The number of aryl methyl sites for hydroxylation is 2. The third-order valence-electron chi connectivity index (χ3n) is 6.40. The van der Waals surface area contributed by atoms with Gasteiger partial charge in [0.05, 0.1) is 30.0 Å². The van der Waals surface area contributed by atoms with Gasteiger partial charge in [-0.15, -0.1) is 0 Å². The topological polar surface area (TPSA) is 95.5 Å². The van der Waals surface area contributed by atoms with Gasteiger partial charge in [-0.3, -0.25) is 9.36 Å². The van der Waals surface area contributed by atoms with Crippen molar-refractivity contribution in [1.29, 1.82) is 0 Å². The summed E-state index contributed by atoms with van der Waals surface area (Å²) >= 11 is 6.48. The molecule has 1 aromatic carbocycles. The van der Waals surface area contributed by atoms with Gasteiger partial charge in [-0.05, 0) is 48.7 Å². The third-order valence-corrected chi connectivity index (χ3v) is 6.61. The molecule has 0 bridgehead atoms. The van der Waals surface area contributed by atoms with Crippen LogP contribution >= 0.6 is 11.6 Å². The van der Waals surface area contributed by atoms with Gasteiger partial charge in [-0.2, -0.15) is 5.10 Å². The Labute approximate surface area is 206 Å².